The number of benzene rings is 3. The van der Waals surface area contributed by atoms with Gasteiger partial charge in [-0.1, -0.05) is 72.4 Å². The van der Waals surface area contributed by atoms with E-state index in [1.54, 1.807) is 0 Å². The van der Waals surface area contributed by atoms with Gasteiger partial charge in [-0.2, -0.15) is 0 Å². The fraction of sp³-hybridized carbons (Fsp3) is 0.111. The molecule has 0 radical (unpaired) electrons. The van der Waals surface area contributed by atoms with Gasteiger partial charge in [-0.3, -0.25) is 0 Å². The highest BCUT2D eigenvalue weighted by Gasteiger charge is 2.31. The van der Waals surface area contributed by atoms with E-state index >= 15 is 0 Å². The molecule has 1 aliphatic carbocycles. The van der Waals surface area contributed by atoms with Gasteiger partial charge in [-0.05, 0) is 55.5 Å². The lowest BCUT2D eigenvalue weighted by Crippen LogP contribution is -2.40. The molecule has 1 heterocycles. The summed E-state index contributed by atoms with van der Waals surface area (Å²) in [4.78, 5) is 7.26. The minimum Gasteiger partial charge on any atom is -0.343 e. The largest absolute Gasteiger partial charge is 0.343 e. The number of hydrogen-bond donors (Lipinski definition) is 0. The van der Waals surface area contributed by atoms with Crippen molar-refractivity contribution in [2.75, 3.05) is 16.8 Å². The van der Waals surface area contributed by atoms with Crippen molar-refractivity contribution in [2.24, 2.45) is 0 Å². The van der Waals surface area contributed by atoms with E-state index in [-0.39, 0.29) is 5.54 Å². The molecule has 2 nitrogen and oxygen atoms in total. The molecule has 0 spiro atoms. The molecular formula is C27H24N2S. The monoisotopic (exact) mass is 408 g/mol. The van der Waals surface area contributed by atoms with Crippen molar-refractivity contribution < 1.29 is 0 Å². The highest BCUT2D eigenvalue weighted by molar-refractivity contribution is 8.03. The van der Waals surface area contributed by atoms with Gasteiger partial charge in [0.25, 0.3) is 0 Å². The Kier molecular flexibility index (Phi) is 4.76. The third-order valence-electron chi connectivity index (χ3n) is 5.72. The predicted octanol–water partition coefficient (Wildman–Crippen LogP) is 7.16. The Morgan fingerprint density at radius 3 is 1.97 bits per heavy atom. The molecule has 1 aliphatic heterocycles. The second-order valence-electron chi connectivity index (χ2n) is 7.78. The van der Waals surface area contributed by atoms with E-state index in [4.69, 9.17) is 0 Å². The molecule has 1 unspecified atom stereocenters. The van der Waals surface area contributed by atoms with Crippen LogP contribution in [0.15, 0.2) is 125 Å². The molecule has 3 aromatic carbocycles. The summed E-state index contributed by atoms with van der Waals surface area (Å²) in [7, 11) is 2.15. The van der Waals surface area contributed by atoms with Crippen LogP contribution in [0.2, 0.25) is 0 Å². The lowest BCUT2D eigenvalue weighted by molar-refractivity contribution is 0.701. The van der Waals surface area contributed by atoms with Crippen LogP contribution in [0, 0.1) is 0 Å². The maximum absolute atomic E-state index is 2.40. The summed E-state index contributed by atoms with van der Waals surface area (Å²) < 4.78 is 0. The van der Waals surface area contributed by atoms with Crippen molar-refractivity contribution in [3.05, 3.63) is 120 Å². The minimum atomic E-state index is -0.312. The van der Waals surface area contributed by atoms with Crippen LogP contribution < -0.4 is 9.80 Å². The molecule has 0 saturated carbocycles. The summed E-state index contributed by atoms with van der Waals surface area (Å²) in [6.45, 7) is 2.27. The Morgan fingerprint density at radius 1 is 0.733 bits per heavy atom. The normalized spacial score (nSPS) is 19.9. The molecule has 148 valence electrons. The average molecular weight is 409 g/mol. The lowest BCUT2D eigenvalue weighted by Gasteiger charge is -2.39. The van der Waals surface area contributed by atoms with Gasteiger partial charge < -0.3 is 9.80 Å². The number of likely N-dealkylation sites (N-methyl/N-ethyl adjacent to an activating group) is 1. The van der Waals surface area contributed by atoms with E-state index in [1.807, 2.05) is 11.8 Å². The van der Waals surface area contributed by atoms with Crippen LogP contribution in [0.5, 0.6) is 0 Å². The standard InChI is InChI=1S/C27H24N2S/c1-27(29(21-11-5-3-6-12-21)22-13-7-4-8-14-22)19-17-24-26(18-20-27)30-25-16-10-9-15-23(25)28(24)2/h3-20H,1-2H3. The van der Waals surface area contributed by atoms with E-state index in [1.165, 1.54) is 32.6 Å². The lowest BCUT2D eigenvalue weighted by atomic mass is 9.96. The van der Waals surface area contributed by atoms with Gasteiger partial charge in [0.15, 0.2) is 0 Å². The molecule has 2 aliphatic rings. The number of fused-ring (bicyclic) bond motifs is 1. The molecule has 0 fully saturated rings. The van der Waals surface area contributed by atoms with E-state index in [0.29, 0.717) is 0 Å². The Balaban J connectivity index is 1.59. The third-order valence-corrected chi connectivity index (χ3v) is 6.85. The van der Waals surface area contributed by atoms with Crippen molar-refractivity contribution in [3.63, 3.8) is 0 Å². The van der Waals surface area contributed by atoms with Gasteiger partial charge in [0.05, 0.1) is 16.9 Å². The molecule has 0 aromatic heterocycles. The quantitative estimate of drug-likeness (QED) is 0.454. The first-order valence-electron chi connectivity index (χ1n) is 10.2. The van der Waals surface area contributed by atoms with Crippen molar-refractivity contribution in [1.82, 2.24) is 0 Å². The smallest absolute Gasteiger partial charge is 0.0796 e. The Labute approximate surface area is 182 Å². The maximum atomic E-state index is 2.40. The summed E-state index contributed by atoms with van der Waals surface area (Å²) in [5.74, 6) is 0. The number of thioether (sulfide) groups is 1. The molecule has 0 amide bonds. The minimum absolute atomic E-state index is 0.312. The van der Waals surface area contributed by atoms with Crippen molar-refractivity contribution >= 4 is 28.8 Å². The Bertz CT molecular complexity index is 1110. The summed E-state index contributed by atoms with van der Waals surface area (Å²) in [6, 6.07) is 29.8. The SMILES string of the molecule is CN1C2=C(C=CC(C)(N(c3ccccc3)c3ccccc3)C=C2)Sc2ccccc21. The first-order chi connectivity index (χ1) is 14.7. The molecular weight excluding hydrogens is 384 g/mol. The van der Waals surface area contributed by atoms with E-state index in [9.17, 15) is 0 Å². The van der Waals surface area contributed by atoms with Crippen molar-refractivity contribution in [1.29, 1.82) is 0 Å². The Morgan fingerprint density at radius 2 is 1.30 bits per heavy atom. The summed E-state index contributed by atoms with van der Waals surface area (Å²) >= 11 is 1.84. The fourth-order valence-electron chi connectivity index (χ4n) is 4.16. The zero-order chi connectivity index (χ0) is 20.6. The molecule has 0 bridgehead atoms. The van der Waals surface area contributed by atoms with E-state index < -0.39 is 0 Å². The van der Waals surface area contributed by atoms with Gasteiger partial charge in [0, 0.05) is 28.2 Å². The van der Waals surface area contributed by atoms with Crippen LogP contribution in [-0.4, -0.2) is 12.6 Å². The van der Waals surface area contributed by atoms with Crippen LogP contribution in [-0.2, 0) is 0 Å². The maximum Gasteiger partial charge on any atom is 0.0796 e. The first kappa shape index (κ1) is 18.8. The zero-order valence-corrected chi connectivity index (χ0v) is 18.0. The zero-order valence-electron chi connectivity index (χ0n) is 17.2. The van der Waals surface area contributed by atoms with Gasteiger partial charge in [-0.15, -0.1) is 0 Å². The van der Waals surface area contributed by atoms with Crippen molar-refractivity contribution in [2.45, 2.75) is 17.4 Å². The first-order valence-corrected chi connectivity index (χ1v) is 11.0. The molecule has 5 rings (SSSR count). The average Bonchev–Trinajstić information content (AvgIpc) is 2.95. The molecule has 30 heavy (non-hydrogen) atoms. The molecule has 0 N–H and O–H groups in total. The van der Waals surface area contributed by atoms with Crippen molar-refractivity contribution in [3.8, 4) is 0 Å². The second-order valence-corrected chi connectivity index (χ2v) is 8.86. The summed E-state index contributed by atoms with van der Waals surface area (Å²) in [5, 5.41) is 0. The molecule has 3 aromatic rings. The van der Waals surface area contributed by atoms with Gasteiger partial charge >= 0.3 is 0 Å². The van der Waals surface area contributed by atoms with Gasteiger partial charge in [-0.25, -0.2) is 0 Å². The number of anilines is 3. The second kappa shape index (κ2) is 7.58. The summed E-state index contributed by atoms with van der Waals surface area (Å²) in [5.41, 5.74) is 4.52. The number of allylic oxidation sites excluding steroid dienone is 2. The topological polar surface area (TPSA) is 6.48 Å². The van der Waals surface area contributed by atoms with Crippen LogP contribution in [0.1, 0.15) is 6.92 Å². The predicted molar refractivity (Wildman–Crippen MR) is 129 cm³/mol. The van der Waals surface area contributed by atoms with Crippen LogP contribution in [0.3, 0.4) is 0 Å². The molecule has 0 saturated heterocycles. The van der Waals surface area contributed by atoms with Gasteiger partial charge in [0.1, 0.15) is 0 Å². The third kappa shape index (κ3) is 3.25. The number of hydrogen-bond acceptors (Lipinski definition) is 3. The number of rotatable bonds is 3. The number of para-hydroxylation sites is 3. The molecule has 1 atom stereocenters. The highest BCUT2D eigenvalue weighted by atomic mass is 32.2. The van der Waals surface area contributed by atoms with Crippen LogP contribution in [0.25, 0.3) is 0 Å². The fourth-order valence-corrected chi connectivity index (χ4v) is 5.29. The van der Waals surface area contributed by atoms with Crippen LogP contribution in [0.4, 0.5) is 17.1 Å². The Hall–Kier alpha value is -3.17. The van der Waals surface area contributed by atoms with Gasteiger partial charge in [0.2, 0.25) is 0 Å². The van der Waals surface area contributed by atoms with Crippen LogP contribution >= 0.6 is 11.8 Å². The molecule has 3 heteroatoms. The number of nitrogens with zero attached hydrogens (tertiary/aromatic N) is 2. The highest BCUT2D eigenvalue weighted by Crippen LogP contribution is 2.46. The van der Waals surface area contributed by atoms with E-state index in [2.05, 4.69) is 133 Å². The van der Waals surface area contributed by atoms with E-state index in [0.717, 1.165) is 0 Å². The summed E-state index contributed by atoms with van der Waals surface area (Å²) in [6.07, 6.45) is 9.19.